The summed E-state index contributed by atoms with van der Waals surface area (Å²) in [5.74, 6) is 4.03. The molecule has 0 spiro atoms. The molecule has 1 aromatic rings. The fourth-order valence-electron chi connectivity index (χ4n) is 1.48. The average Bonchev–Trinajstić information content (AvgIpc) is 2.42. The van der Waals surface area contributed by atoms with Crippen molar-refractivity contribution in [2.45, 2.75) is 6.42 Å². The molecule has 0 saturated carbocycles. The summed E-state index contributed by atoms with van der Waals surface area (Å²) in [6.45, 7) is 1.14. The monoisotopic (exact) mass is 373 g/mol. The smallest absolute Gasteiger partial charge is 0.190 e. The van der Waals surface area contributed by atoms with E-state index in [1.807, 2.05) is 31.3 Å². The molecular weight excluding hydrogens is 353 g/mol. The molecule has 0 saturated heterocycles. The first kappa shape index (κ1) is 17.6. The standard InChI is InChI=1S/C14H19N3O.HI/c1-4-11-18-13-7-5-12(6-8-13)9-10-17-14(15-2)16-3;/h1,5-8H,9-11H2,2-3H3,(H2,15,16,17);1H. The molecule has 0 heterocycles. The highest BCUT2D eigenvalue weighted by Crippen LogP contribution is 2.12. The van der Waals surface area contributed by atoms with E-state index in [9.17, 15) is 0 Å². The highest BCUT2D eigenvalue weighted by atomic mass is 127. The third kappa shape index (κ3) is 6.91. The SMILES string of the molecule is C#CCOc1ccc(CCNC(=NC)NC)cc1.I. The zero-order valence-corrected chi connectivity index (χ0v) is 13.6. The molecule has 0 radical (unpaired) electrons. The zero-order chi connectivity index (χ0) is 13.2. The van der Waals surface area contributed by atoms with Gasteiger partial charge in [-0.2, -0.15) is 0 Å². The summed E-state index contributed by atoms with van der Waals surface area (Å²) in [6.07, 6.45) is 6.05. The Labute approximate surface area is 132 Å². The number of hydrogen-bond donors (Lipinski definition) is 2. The van der Waals surface area contributed by atoms with Crippen LogP contribution in [0.5, 0.6) is 5.75 Å². The Morgan fingerprint density at radius 2 is 2.05 bits per heavy atom. The summed E-state index contributed by atoms with van der Waals surface area (Å²) >= 11 is 0. The van der Waals surface area contributed by atoms with Crippen LogP contribution in [0.2, 0.25) is 0 Å². The molecule has 2 N–H and O–H groups in total. The van der Waals surface area contributed by atoms with Crippen molar-refractivity contribution in [2.24, 2.45) is 4.99 Å². The van der Waals surface area contributed by atoms with Gasteiger partial charge in [0.25, 0.3) is 0 Å². The summed E-state index contributed by atoms with van der Waals surface area (Å²) in [5, 5.41) is 6.17. The first-order chi connectivity index (χ1) is 8.80. The van der Waals surface area contributed by atoms with Crippen molar-refractivity contribution in [2.75, 3.05) is 27.2 Å². The molecule has 0 fully saturated rings. The lowest BCUT2D eigenvalue weighted by molar-refractivity contribution is 0.370. The molecule has 4 nitrogen and oxygen atoms in total. The van der Waals surface area contributed by atoms with E-state index >= 15 is 0 Å². The topological polar surface area (TPSA) is 45.6 Å². The van der Waals surface area contributed by atoms with E-state index in [0.29, 0.717) is 6.61 Å². The van der Waals surface area contributed by atoms with Gasteiger partial charge in [-0.1, -0.05) is 18.1 Å². The molecule has 0 aliphatic rings. The number of nitrogens with zero attached hydrogens (tertiary/aromatic N) is 1. The molecule has 1 rings (SSSR count). The van der Waals surface area contributed by atoms with Crippen molar-refractivity contribution >= 4 is 29.9 Å². The minimum atomic E-state index is 0. The second-order valence-electron chi connectivity index (χ2n) is 3.64. The van der Waals surface area contributed by atoms with Gasteiger partial charge < -0.3 is 15.4 Å². The fraction of sp³-hybridized carbons (Fsp3) is 0.357. The van der Waals surface area contributed by atoms with Gasteiger partial charge in [-0.05, 0) is 24.1 Å². The lowest BCUT2D eigenvalue weighted by Gasteiger charge is -2.08. The Morgan fingerprint density at radius 3 is 2.58 bits per heavy atom. The average molecular weight is 373 g/mol. The van der Waals surface area contributed by atoms with Gasteiger partial charge in [-0.3, -0.25) is 4.99 Å². The predicted octanol–water partition coefficient (Wildman–Crippen LogP) is 1.65. The maximum atomic E-state index is 5.31. The molecule has 0 bridgehead atoms. The number of aliphatic imine (C=N–C) groups is 1. The van der Waals surface area contributed by atoms with Gasteiger partial charge in [0.05, 0.1) is 0 Å². The second-order valence-corrected chi connectivity index (χ2v) is 3.64. The quantitative estimate of drug-likeness (QED) is 0.357. The van der Waals surface area contributed by atoms with Gasteiger partial charge in [0.1, 0.15) is 12.4 Å². The highest BCUT2D eigenvalue weighted by Gasteiger charge is 1.97. The lowest BCUT2D eigenvalue weighted by Crippen LogP contribution is -2.35. The molecule has 0 aliphatic carbocycles. The molecule has 5 heteroatoms. The zero-order valence-electron chi connectivity index (χ0n) is 11.3. The van der Waals surface area contributed by atoms with Crippen molar-refractivity contribution in [3.63, 3.8) is 0 Å². The van der Waals surface area contributed by atoms with Gasteiger partial charge >= 0.3 is 0 Å². The number of guanidine groups is 1. The van der Waals surface area contributed by atoms with Crippen LogP contribution >= 0.6 is 24.0 Å². The van der Waals surface area contributed by atoms with Crippen LogP contribution in [-0.4, -0.2) is 33.2 Å². The van der Waals surface area contributed by atoms with Crippen molar-refractivity contribution in [1.82, 2.24) is 10.6 Å². The predicted molar refractivity (Wildman–Crippen MR) is 90.3 cm³/mol. The largest absolute Gasteiger partial charge is 0.481 e. The van der Waals surface area contributed by atoms with Crippen molar-refractivity contribution in [1.29, 1.82) is 0 Å². The molecule has 0 aliphatic heterocycles. The van der Waals surface area contributed by atoms with E-state index in [1.165, 1.54) is 5.56 Å². The normalized spacial score (nSPS) is 10.1. The van der Waals surface area contributed by atoms with Crippen LogP contribution in [0.25, 0.3) is 0 Å². The molecule has 0 amide bonds. The summed E-state index contributed by atoms with van der Waals surface area (Å²) < 4.78 is 5.31. The maximum absolute atomic E-state index is 5.31. The van der Waals surface area contributed by atoms with Crippen molar-refractivity contribution in [3.05, 3.63) is 29.8 Å². The number of ether oxygens (including phenoxy) is 1. The molecule has 0 atom stereocenters. The Balaban J connectivity index is 0.00000324. The van der Waals surface area contributed by atoms with E-state index < -0.39 is 0 Å². The highest BCUT2D eigenvalue weighted by molar-refractivity contribution is 14.0. The fourth-order valence-corrected chi connectivity index (χ4v) is 1.48. The minimum absolute atomic E-state index is 0. The Bertz CT molecular complexity index is 423. The molecule has 19 heavy (non-hydrogen) atoms. The van der Waals surface area contributed by atoms with Gasteiger partial charge in [0.2, 0.25) is 0 Å². The number of hydrogen-bond acceptors (Lipinski definition) is 2. The van der Waals surface area contributed by atoms with Gasteiger partial charge in [-0.15, -0.1) is 30.4 Å². The summed E-state index contributed by atoms with van der Waals surface area (Å²) in [7, 11) is 3.59. The lowest BCUT2D eigenvalue weighted by atomic mass is 10.1. The second kappa shape index (κ2) is 10.5. The van der Waals surface area contributed by atoms with Crippen LogP contribution < -0.4 is 15.4 Å². The molecular formula is C14H20IN3O. The van der Waals surface area contributed by atoms with Gasteiger partial charge in [0, 0.05) is 20.6 Å². The summed E-state index contributed by atoms with van der Waals surface area (Å²) in [6, 6.07) is 7.93. The number of halogens is 1. The Morgan fingerprint density at radius 1 is 1.37 bits per heavy atom. The van der Waals surface area contributed by atoms with Crippen LogP contribution in [-0.2, 0) is 6.42 Å². The van der Waals surface area contributed by atoms with Gasteiger partial charge in [-0.25, -0.2) is 0 Å². The van der Waals surface area contributed by atoms with Crippen LogP contribution in [0.4, 0.5) is 0 Å². The molecule has 1 aromatic carbocycles. The first-order valence-corrected chi connectivity index (χ1v) is 5.83. The van der Waals surface area contributed by atoms with Crippen molar-refractivity contribution in [3.8, 4) is 18.1 Å². The van der Waals surface area contributed by atoms with Crippen LogP contribution in [0.3, 0.4) is 0 Å². The summed E-state index contributed by atoms with van der Waals surface area (Å²) in [4.78, 5) is 4.04. The molecule has 0 aromatic heterocycles. The molecule has 0 unspecified atom stereocenters. The van der Waals surface area contributed by atoms with Gasteiger partial charge in [0.15, 0.2) is 5.96 Å². The summed E-state index contributed by atoms with van der Waals surface area (Å²) in [5.41, 5.74) is 1.24. The first-order valence-electron chi connectivity index (χ1n) is 5.83. The van der Waals surface area contributed by atoms with Crippen LogP contribution in [0.1, 0.15) is 5.56 Å². The maximum Gasteiger partial charge on any atom is 0.190 e. The van der Waals surface area contributed by atoms with E-state index in [1.54, 1.807) is 7.05 Å². The van der Waals surface area contributed by atoms with E-state index in [4.69, 9.17) is 11.2 Å². The number of benzene rings is 1. The number of terminal acetylenes is 1. The number of rotatable bonds is 5. The third-order valence-electron chi connectivity index (χ3n) is 2.41. The van der Waals surface area contributed by atoms with E-state index in [2.05, 4.69) is 21.5 Å². The van der Waals surface area contributed by atoms with E-state index in [0.717, 1.165) is 24.7 Å². The third-order valence-corrected chi connectivity index (χ3v) is 2.41. The van der Waals surface area contributed by atoms with E-state index in [-0.39, 0.29) is 24.0 Å². The molecule has 104 valence electrons. The van der Waals surface area contributed by atoms with Crippen LogP contribution in [0.15, 0.2) is 29.3 Å². The van der Waals surface area contributed by atoms with Crippen molar-refractivity contribution < 1.29 is 4.74 Å². The van der Waals surface area contributed by atoms with Crippen LogP contribution in [0, 0.1) is 12.3 Å². The number of nitrogens with one attached hydrogen (secondary N) is 2. The minimum Gasteiger partial charge on any atom is -0.481 e. The Kier molecular flexibility index (Phi) is 9.71. The Hall–Kier alpha value is -1.42.